The number of nitrogens with zero attached hydrogens (tertiary/aromatic N) is 21. The number of sulfonamides is 3. The van der Waals surface area contributed by atoms with Crippen LogP contribution in [0.15, 0.2) is 154 Å². The van der Waals surface area contributed by atoms with E-state index in [1.807, 2.05) is 114 Å². The van der Waals surface area contributed by atoms with Crippen LogP contribution in [0.25, 0.3) is 93.7 Å². The third-order valence-corrected chi connectivity index (χ3v) is 26.8. The Morgan fingerprint density at radius 2 is 1.01 bits per heavy atom. The van der Waals surface area contributed by atoms with Crippen LogP contribution in [0.5, 0.6) is 11.8 Å². The van der Waals surface area contributed by atoms with E-state index in [-0.39, 0.29) is 75.0 Å². The molecule has 37 heteroatoms. The van der Waals surface area contributed by atoms with E-state index in [1.165, 1.54) is 32.7 Å². The van der Waals surface area contributed by atoms with Gasteiger partial charge in [0.1, 0.15) is 46.3 Å². The molecule has 0 aliphatic carbocycles. The van der Waals surface area contributed by atoms with Crippen molar-refractivity contribution in [2.24, 2.45) is 0 Å². The van der Waals surface area contributed by atoms with Crippen molar-refractivity contribution in [3.05, 3.63) is 176 Å². The second-order valence-electron chi connectivity index (χ2n) is 28.2. The van der Waals surface area contributed by atoms with Gasteiger partial charge in [-0.1, -0.05) is 18.2 Å². The van der Waals surface area contributed by atoms with Gasteiger partial charge in [-0.2, -0.15) is 39.1 Å². The van der Waals surface area contributed by atoms with Gasteiger partial charge in [0.25, 0.3) is 5.91 Å². The smallest absolute Gasteiger partial charge is 0.254 e. The summed E-state index contributed by atoms with van der Waals surface area (Å²) in [5.41, 5.74) is 9.01. The minimum atomic E-state index is -3.30. The number of ether oxygens (including phenoxy) is 2. The molecule has 0 spiro atoms. The molecule has 4 fully saturated rings. The molecule has 1 amide bonds. The Morgan fingerprint density at radius 1 is 0.526 bits per heavy atom. The fourth-order valence-electron chi connectivity index (χ4n) is 15.2. The summed E-state index contributed by atoms with van der Waals surface area (Å²) in [6.07, 6.45) is 23.5. The lowest BCUT2D eigenvalue weighted by Gasteiger charge is -2.49. The summed E-state index contributed by atoms with van der Waals surface area (Å²) in [6.45, 7) is 16.7. The third-order valence-electron chi connectivity index (χ3n) is 21.4. The quantitative estimate of drug-likeness (QED) is 0.0487. The molecule has 582 valence electrons. The number of fused-ring (bicyclic) bond motifs is 4. The first kappa shape index (κ1) is 77.8. The van der Waals surface area contributed by atoms with Crippen molar-refractivity contribution in [1.29, 1.82) is 21.0 Å². The molecule has 0 saturated carbocycles. The van der Waals surface area contributed by atoms with Crippen LogP contribution in [0, 0.1) is 58.8 Å². The summed E-state index contributed by atoms with van der Waals surface area (Å²) in [5.74, 6) is 1.06. The first-order valence-corrected chi connectivity index (χ1v) is 41.0. The summed E-state index contributed by atoms with van der Waals surface area (Å²) < 4.78 is 95.6. The van der Waals surface area contributed by atoms with Gasteiger partial charge >= 0.3 is 0 Å². The number of rotatable bonds is 21. The lowest BCUT2D eigenvalue weighted by atomic mass is 9.86. The Kier molecular flexibility index (Phi) is 21.1. The summed E-state index contributed by atoms with van der Waals surface area (Å²) >= 11 is 0. The standard InChI is InChI=1S/C23H17N7O.2C18H20N6O3S.C18H20N6O2S/c1-25-19-12-27-21-18(7-10-26-21)20(19)17-11-28-30(13-17)23(8-9-24)14-29(15-23)22(31)16-5-3-2-4-6-16;1-3-28(25,26)23-11-18(12-23,6-7-19)24-10-15(17(22-24)27-2)13-4-8-20-16-14(13)5-9-21-16;1-3-28(25,26)23-10-18(11-23,5-6-19)24-9-13(8-15(24)27-2)16-14-4-7-20-17(14)22-12-21-16;1-3-27(25,26)23-10-18(11-23,5-6-19)24-9-14(8-13(24)2)16-15-4-7-20-17(15)22-12-21-16/h2-7,10-13H,8,14-15H2,(H,26,27);4-5,8-10H,3,6,11-12H2,1-2H3,(H,20,21);4,7-9,12H,3,5,10-11H2,1-2H3,(H,20,21,22);4,7-9,12H,3,5,10-11H2,1-2H3,(H,20,21,22). The van der Waals surface area contributed by atoms with Crippen LogP contribution < -0.4 is 9.47 Å². The lowest BCUT2D eigenvalue weighted by molar-refractivity contribution is 0.00858. The highest BCUT2D eigenvalue weighted by molar-refractivity contribution is 7.89. The molecule has 0 radical (unpaired) electrons. The second-order valence-corrected chi connectivity index (χ2v) is 35.0. The van der Waals surface area contributed by atoms with Gasteiger partial charge in [0, 0.05) is 181 Å². The van der Waals surface area contributed by atoms with Gasteiger partial charge in [0.05, 0.1) is 122 Å². The number of carbonyl (C=O) groups excluding carboxylic acids is 1. The largest absolute Gasteiger partial charge is 0.482 e. The molecule has 17 rings (SSSR count). The van der Waals surface area contributed by atoms with Gasteiger partial charge in [-0.15, -0.1) is 5.10 Å². The molecule has 12 aromatic heterocycles. The molecule has 13 aromatic rings. The minimum absolute atomic E-state index is 0.0335. The summed E-state index contributed by atoms with van der Waals surface area (Å²) in [4.78, 5) is 56.2. The molecule has 0 unspecified atom stereocenters. The zero-order valence-corrected chi connectivity index (χ0v) is 65.3. The molecule has 16 heterocycles. The Hall–Kier alpha value is -12.9. The molecular weight excluding hydrogens is 1520 g/mol. The van der Waals surface area contributed by atoms with E-state index in [1.54, 1.807) is 85.3 Å². The third kappa shape index (κ3) is 14.1. The van der Waals surface area contributed by atoms with Crippen molar-refractivity contribution >= 4 is 85.8 Å². The number of aromatic nitrogens is 16. The van der Waals surface area contributed by atoms with Crippen LogP contribution in [-0.2, 0) is 52.2 Å². The van der Waals surface area contributed by atoms with E-state index in [4.69, 9.17) is 16.0 Å². The second kappa shape index (κ2) is 31.0. The Morgan fingerprint density at radius 3 is 1.54 bits per heavy atom. The molecule has 34 nitrogen and oxygen atoms in total. The lowest BCUT2D eigenvalue weighted by Crippen LogP contribution is -2.64. The molecule has 4 aliphatic heterocycles. The molecule has 1 aromatic carbocycles. The Balaban J connectivity index is 0.000000126. The van der Waals surface area contributed by atoms with Gasteiger partial charge < -0.3 is 43.4 Å². The van der Waals surface area contributed by atoms with Crippen LogP contribution in [0.3, 0.4) is 0 Å². The first-order chi connectivity index (χ1) is 54.9. The number of hydrogen-bond acceptors (Lipinski definition) is 21. The highest BCUT2D eigenvalue weighted by Gasteiger charge is 2.53. The maximum Gasteiger partial charge on any atom is 0.254 e. The van der Waals surface area contributed by atoms with Crippen molar-refractivity contribution in [3.8, 4) is 80.8 Å². The van der Waals surface area contributed by atoms with Gasteiger partial charge in [0.15, 0.2) is 5.88 Å². The normalized spacial score (nSPS) is 16.1. The van der Waals surface area contributed by atoms with E-state index in [0.717, 1.165) is 88.9 Å². The van der Waals surface area contributed by atoms with Crippen molar-refractivity contribution in [2.45, 2.75) is 75.5 Å². The van der Waals surface area contributed by atoms with Crippen molar-refractivity contribution in [3.63, 3.8) is 0 Å². The van der Waals surface area contributed by atoms with E-state index in [9.17, 15) is 51.1 Å². The number of aryl methyl sites for hydroxylation is 1. The number of aromatic amines is 4. The Labute approximate surface area is 655 Å². The predicted octanol–water partition coefficient (Wildman–Crippen LogP) is 9.17. The highest BCUT2D eigenvalue weighted by atomic mass is 32.2. The molecule has 4 saturated heterocycles. The molecule has 4 N–H and O–H groups in total. The average Bonchev–Trinajstić information content (AvgIpc) is 1.42. The molecule has 0 bridgehead atoms. The number of H-pyrrole nitrogens is 4. The molecule has 4 aliphatic rings. The minimum Gasteiger partial charge on any atom is -0.482 e. The van der Waals surface area contributed by atoms with Gasteiger partial charge in [0.2, 0.25) is 41.6 Å². The molecule has 0 atom stereocenters. The number of methoxy groups -OCH3 is 2. The maximum atomic E-state index is 12.7. The van der Waals surface area contributed by atoms with Crippen molar-refractivity contribution in [1.82, 2.24) is 96.4 Å². The maximum absolute atomic E-state index is 12.7. The SMILES string of the molecule is CCS(=O)(=O)N1CC(CC#N)(n2cc(-c3ccnc4[nH]ccc34)c(OC)n2)C1.CCS(=O)(=O)N1CC(CC#N)(n2cc(-c3ncnc4[nH]ccc34)cc2C)C1.CCS(=O)(=O)N1CC(CC#N)(n2cc(-c3ncnc4[nH]ccc34)cc2OC)C1.[C-]#[N+]c1cnc2[nH]ccc2c1-c1cnn(C2(CC#N)CN(C(=O)c3ccccc3)C2)c1. The van der Waals surface area contributed by atoms with Crippen LogP contribution in [0.4, 0.5) is 5.69 Å². The zero-order chi connectivity index (χ0) is 80.5. The van der Waals surface area contributed by atoms with E-state index in [0.29, 0.717) is 54.8 Å². The van der Waals surface area contributed by atoms with Crippen LogP contribution in [-0.4, -0.2) is 211 Å². The van der Waals surface area contributed by atoms with E-state index < -0.39 is 52.2 Å². The number of hydrogen-bond donors (Lipinski definition) is 4. The fourth-order valence-corrected chi connectivity index (χ4v) is 19.0. The summed E-state index contributed by atoms with van der Waals surface area (Å²) in [6, 6.07) is 31.4. The Bertz CT molecular complexity index is 6390. The van der Waals surface area contributed by atoms with Crippen LogP contribution in [0.1, 0.15) is 62.5 Å². The van der Waals surface area contributed by atoms with Crippen LogP contribution >= 0.6 is 0 Å². The van der Waals surface area contributed by atoms with E-state index in [2.05, 4.69) is 89.2 Å². The molecular formula is C77H77N25O9S3. The number of pyridine rings is 2. The fraction of sp³-hybridized carbons (Fsp3) is 0.325. The number of nitriles is 4. The predicted molar refractivity (Wildman–Crippen MR) is 422 cm³/mol. The monoisotopic (exact) mass is 1590 g/mol. The van der Waals surface area contributed by atoms with Crippen molar-refractivity contribution < 1.29 is 39.5 Å². The average molecular weight is 1590 g/mol. The summed E-state index contributed by atoms with van der Waals surface area (Å²) in [5, 5.41) is 50.2. The van der Waals surface area contributed by atoms with Crippen molar-refractivity contribution in [2.75, 3.05) is 83.8 Å². The van der Waals surface area contributed by atoms with Gasteiger partial charge in [-0.3, -0.25) is 19.1 Å². The number of benzene rings is 1. The first-order valence-electron chi connectivity index (χ1n) is 36.2. The zero-order valence-electron chi connectivity index (χ0n) is 62.8. The van der Waals surface area contributed by atoms with E-state index >= 15 is 0 Å². The number of carbonyl (C=O) groups is 1. The van der Waals surface area contributed by atoms with Gasteiger partial charge in [-0.25, -0.2) is 55.0 Å². The van der Waals surface area contributed by atoms with Gasteiger partial charge in [-0.05, 0) is 76.2 Å². The number of nitrogens with one attached hydrogen (secondary N) is 4. The summed E-state index contributed by atoms with van der Waals surface area (Å²) in [7, 11) is -6.76. The van der Waals surface area contributed by atoms with Crippen LogP contribution in [0.2, 0.25) is 0 Å². The highest BCUT2D eigenvalue weighted by Crippen LogP contribution is 2.45. The molecule has 114 heavy (non-hydrogen) atoms. The number of likely N-dealkylation sites (tertiary alicyclic amines) is 1. The topological polar surface area (TPSA) is 436 Å². The number of amides is 1.